The van der Waals surface area contributed by atoms with E-state index < -0.39 is 0 Å². The van der Waals surface area contributed by atoms with Crippen LogP contribution in [0.5, 0.6) is 0 Å². The smallest absolute Gasteiger partial charge is 0.129 e. The maximum Gasteiger partial charge on any atom is 0.129 e. The summed E-state index contributed by atoms with van der Waals surface area (Å²) in [5, 5.41) is 3.48. The molecule has 0 aromatic carbocycles. The van der Waals surface area contributed by atoms with Gasteiger partial charge in [0.2, 0.25) is 0 Å². The number of fused-ring (bicyclic) bond motifs is 1. The van der Waals surface area contributed by atoms with E-state index in [1.165, 1.54) is 49.1 Å². The number of rotatable bonds is 3. The second-order valence-corrected chi connectivity index (χ2v) is 6.15. The molecule has 2 saturated carbocycles. The fourth-order valence-electron chi connectivity index (χ4n) is 3.11. The summed E-state index contributed by atoms with van der Waals surface area (Å²) in [5.41, 5.74) is 4.18. The average Bonchev–Trinajstić information content (AvgIpc) is 3.11. The van der Waals surface area contributed by atoms with E-state index in [1.807, 2.05) is 0 Å². The van der Waals surface area contributed by atoms with Crippen molar-refractivity contribution >= 4 is 0 Å². The molecule has 4 rings (SSSR count). The van der Waals surface area contributed by atoms with Crippen LogP contribution in [-0.4, -0.2) is 16.5 Å². The minimum atomic E-state index is 0.736. The highest BCUT2D eigenvalue weighted by atomic mass is 15.0. The largest absolute Gasteiger partial charge is 0.312 e. The fraction of sp³-hybridized carbons (Fsp3) is 0.733. The predicted molar refractivity (Wildman–Crippen MR) is 70.5 cm³/mol. The summed E-state index contributed by atoms with van der Waals surface area (Å²) >= 11 is 0. The lowest BCUT2D eigenvalue weighted by molar-refractivity contribution is 0.402. The molecule has 2 aliphatic carbocycles. The van der Waals surface area contributed by atoms with Gasteiger partial charge in [-0.15, -0.1) is 0 Å². The summed E-state index contributed by atoms with van der Waals surface area (Å²) < 4.78 is 0. The Morgan fingerprint density at radius 2 is 2.00 bits per heavy atom. The van der Waals surface area contributed by atoms with Crippen LogP contribution in [0.25, 0.3) is 0 Å². The Morgan fingerprint density at radius 3 is 2.72 bits per heavy atom. The van der Waals surface area contributed by atoms with Gasteiger partial charge in [-0.2, -0.15) is 0 Å². The van der Waals surface area contributed by atoms with Crippen LogP contribution in [0, 0.1) is 5.92 Å². The Hall–Kier alpha value is -0.960. The molecule has 18 heavy (non-hydrogen) atoms. The molecular weight excluding hydrogens is 222 g/mol. The number of hydrogen-bond donors (Lipinski definition) is 1. The first-order chi connectivity index (χ1) is 8.90. The highest BCUT2D eigenvalue weighted by molar-refractivity contribution is 5.32. The van der Waals surface area contributed by atoms with Crippen molar-refractivity contribution in [2.75, 3.05) is 6.54 Å². The highest BCUT2D eigenvalue weighted by Crippen LogP contribution is 2.39. The van der Waals surface area contributed by atoms with Crippen molar-refractivity contribution in [1.82, 2.24) is 15.3 Å². The average molecular weight is 243 g/mol. The van der Waals surface area contributed by atoms with E-state index in [1.54, 1.807) is 0 Å². The normalized spacial score (nSPS) is 23.6. The molecule has 3 heteroatoms. The topological polar surface area (TPSA) is 37.8 Å². The van der Waals surface area contributed by atoms with Gasteiger partial charge in [-0.25, -0.2) is 9.97 Å². The summed E-state index contributed by atoms with van der Waals surface area (Å²) in [6.45, 7) is 2.07. The molecule has 3 nitrogen and oxygen atoms in total. The van der Waals surface area contributed by atoms with E-state index in [9.17, 15) is 0 Å². The van der Waals surface area contributed by atoms with E-state index in [4.69, 9.17) is 9.97 Å². The molecule has 96 valence electrons. The monoisotopic (exact) mass is 243 g/mol. The van der Waals surface area contributed by atoms with Crippen molar-refractivity contribution in [2.45, 2.75) is 57.4 Å². The van der Waals surface area contributed by atoms with Gasteiger partial charge in [0.05, 0.1) is 11.4 Å². The van der Waals surface area contributed by atoms with Gasteiger partial charge in [0.1, 0.15) is 5.82 Å². The second-order valence-electron chi connectivity index (χ2n) is 6.15. The first kappa shape index (κ1) is 10.9. The van der Waals surface area contributed by atoms with Crippen LogP contribution in [0.15, 0.2) is 0 Å². The zero-order valence-corrected chi connectivity index (χ0v) is 10.9. The summed E-state index contributed by atoms with van der Waals surface area (Å²) in [6, 6.07) is 0. The first-order valence-corrected chi connectivity index (χ1v) is 7.49. The summed E-state index contributed by atoms with van der Waals surface area (Å²) in [7, 11) is 0. The van der Waals surface area contributed by atoms with Gasteiger partial charge in [-0.3, -0.25) is 0 Å². The van der Waals surface area contributed by atoms with E-state index in [0.717, 1.165) is 43.6 Å². The molecule has 1 aromatic rings. The maximum atomic E-state index is 4.94. The summed E-state index contributed by atoms with van der Waals surface area (Å²) in [6.07, 6.45) is 9.06. The van der Waals surface area contributed by atoms with Gasteiger partial charge in [0, 0.05) is 37.4 Å². The van der Waals surface area contributed by atoms with Crippen molar-refractivity contribution in [1.29, 1.82) is 0 Å². The Kier molecular flexibility index (Phi) is 2.61. The molecule has 0 spiro atoms. The molecule has 0 radical (unpaired) electrons. The Morgan fingerprint density at radius 1 is 1.11 bits per heavy atom. The lowest BCUT2D eigenvalue weighted by Gasteiger charge is -2.29. The summed E-state index contributed by atoms with van der Waals surface area (Å²) in [4.78, 5) is 9.78. The van der Waals surface area contributed by atoms with Crippen LogP contribution in [0.2, 0.25) is 0 Å². The van der Waals surface area contributed by atoms with Gasteiger partial charge in [-0.05, 0) is 31.6 Å². The number of nitrogens with one attached hydrogen (secondary N) is 1. The molecule has 0 atom stereocenters. The third-order valence-corrected chi connectivity index (χ3v) is 4.67. The molecule has 0 bridgehead atoms. The third-order valence-electron chi connectivity index (χ3n) is 4.67. The SMILES string of the molecule is C1CC(c2nc(CC3CC3)nc3c2CNCC3)C1. The van der Waals surface area contributed by atoms with Crippen molar-refractivity contribution in [3.8, 4) is 0 Å². The number of hydrogen-bond acceptors (Lipinski definition) is 3. The molecule has 1 aliphatic heterocycles. The number of aromatic nitrogens is 2. The summed E-state index contributed by atoms with van der Waals surface area (Å²) in [5.74, 6) is 2.76. The highest BCUT2D eigenvalue weighted by Gasteiger charge is 2.29. The van der Waals surface area contributed by atoms with Gasteiger partial charge in [0.15, 0.2) is 0 Å². The zero-order valence-electron chi connectivity index (χ0n) is 10.9. The predicted octanol–water partition coefficient (Wildman–Crippen LogP) is 2.34. The lowest BCUT2D eigenvalue weighted by atomic mass is 9.80. The van der Waals surface area contributed by atoms with Crippen LogP contribution < -0.4 is 5.32 Å². The third kappa shape index (κ3) is 1.95. The van der Waals surface area contributed by atoms with Crippen LogP contribution in [0.4, 0.5) is 0 Å². The molecule has 0 unspecified atom stereocenters. The van der Waals surface area contributed by atoms with E-state index >= 15 is 0 Å². The Labute approximate surface area is 108 Å². The molecule has 2 fully saturated rings. The quantitative estimate of drug-likeness (QED) is 0.885. The van der Waals surface area contributed by atoms with Crippen molar-refractivity contribution in [3.63, 3.8) is 0 Å². The minimum absolute atomic E-state index is 0.736. The fourth-order valence-corrected chi connectivity index (χ4v) is 3.11. The van der Waals surface area contributed by atoms with Crippen LogP contribution in [0.3, 0.4) is 0 Å². The standard InChI is InChI=1S/C15H21N3/c1-2-11(3-1)15-12-9-16-7-6-13(12)17-14(18-15)8-10-4-5-10/h10-11,16H,1-9H2. The van der Waals surface area contributed by atoms with E-state index in [0.29, 0.717) is 0 Å². The Balaban J connectivity index is 1.71. The molecule has 2 heterocycles. The van der Waals surface area contributed by atoms with Crippen LogP contribution >= 0.6 is 0 Å². The van der Waals surface area contributed by atoms with Gasteiger partial charge >= 0.3 is 0 Å². The molecule has 0 saturated heterocycles. The molecule has 3 aliphatic rings. The molecule has 1 aromatic heterocycles. The van der Waals surface area contributed by atoms with Gasteiger partial charge in [-0.1, -0.05) is 6.42 Å². The van der Waals surface area contributed by atoms with Crippen molar-refractivity contribution in [2.24, 2.45) is 5.92 Å². The number of nitrogens with zero attached hydrogens (tertiary/aromatic N) is 2. The van der Waals surface area contributed by atoms with Crippen LogP contribution in [-0.2, 0) is 19.4 Å². The van der Waals surface area contributed by atoms with E-state index in [2.05, 4.69) is 5.32 Å². The van der Waals surface area contributed by atoms with Crippen molar-refractivity contribution < 1.29 is 0 Å². The van der Waals surface area contributed by atoms with Crippen LogP contribution in [0.1, 0.15) is 60.8 Å². The van der Waals surface area contributed by atoms with Gasteiger partial charge < -0.3 is 5.32 Å². The molecule has 1 N–H and O–H groups in total. The maximum absolute atomic E-state index is 4.94. The second kappa shape index (κ2) is 4.30. The molecule has 0 amide bonds. The zero-order chi connectivity index (χ0) is 11.9. The van der Waals surface area contributed by atoms with E-state index in [-0.39, 0.29) is 0 Å². The Bertz CT molecular complexity index is 461. The van der Waals surface area contributed by atoms with Crippen molar-refractivity contribution in [3.05, 3.63) is 22.8 Å². The molecular formula is C15H21N3. The lowest BCUT2D eigenvalue weighted by Crippen LogP contribution is -2.29. The van der Waals surface area contributed by atoms with Gasteiger partial charge in [0.25, 0.3) is 0 Å². The first-order valence-electron chi connectivity index (χ1n) is 7.49. The minimum Gasteiger partial charge on any atom is -0.312 e.